The Labute approximate surface area is 248 Å². The number of nitrogens with zero attached hydrogens (tertiary/aromatic N) is 3. The van der Waals surface area contributed by atoms with Gasteiger partial charge in [-0.2, -0.15) is 0 Å². The van der Waals surface area contributed by atoms with E-state index < -0.39 is 5.97 Å². The maximum absolute atomic E-state index is 13.2. The molecule has 4 aromatic carbocycles. The number of aromatic nitrogens is 3. The van der Waals surface area contributed by atoms with Crippen LogP contribution in [0.5, 0.6) is 0 Å². The summed E-state index contributed by atoms with van der Waals surface area (Å²) in [5.41, 5.74) is 6.73. The molecule has 43 heavy (non-hydrogen) atoms. The van der Waals surface area contributed by atoms with E-state index in [1.807, 2.05) is 36.4 Å². The second kappa shape index (κ2) is 11.2. The number of fused-ring (bicyclic) bond motifs is 2. The summed E-state index contributed by atoms with van der Waals surface area (Å²) >= 11 is 0. The molecule has 1 saturated carbocycles. The Balaban J connectivity index is 1.27. The predicted molar refractivity (Wildman–Crippen MR) is 169 cm³/mol. The van der Waals surface area contributed by atoms with Gasteiger partial charge in [0.15, 0.2) is 0 Å². The quantitative estimate of drug-likeness (QED) is 0.211. The monoisotopic (exact) mass is 566 g/mol. The largest absolute Gasteiger partial charge is 0.478 e. The van der Waals surface area contributed by atoms with Gasteiger partial charge in [0.25, 0.3) is 5.91 Å². The van der Waals surface area contributed by atoms with E-state index in [4.69, 9.17) is 9.97 Å². The number of carbonyl (C=O) groups is 2. The van der Waals surface area contributed by atoms with Crippen LogP contribution in [0.4, 0.5) is 5.69 Å². The molecule has 0 spiro atoms. The molecular weight excluding hydrogens is 536 g/mol. The number of carboxylic acid groups (broad SMARTS) is 1. The van der Waals surface area contributed by atoms with Crippen LogP contribution in [0.25, 0.3) is 44.6 Å². The minimum Gasteiger partial charge on any atom is -0.478 e. The van der Waals surface area contributed by atoms with Gasteiger partial charge in [-0.25, -0.2) is 14.8 Å². The summed E-state index contributed by atoms with van der Waals surface area (Å²) in [7, 11) is 0. The number of benzene rings is 4. The molecule has 0 saturated heterocycles. The minimum absolute atomic E-state index is 0.117. The molecule has 1 aliphatic rings. The van der Waals surface area contributed by atoms with Gasteiger partial charge in [-0.1, -0.05) is 61.7 Å². The van der Waals surface area contributed by atoms with Gasteiger partial charge in [-0.3, -0.25) is 4.79 Å². The lowest BCUT2D eigenvalue weighted by Crippen LogP contribution is -2.14. The van der Waals surface area contributed by atoms with Crippen molar-refractivity contribution < 1.29 is 14.7 Å². The highest BCUT2D eigenvalue weighted by atomic mass is 16.4. The molecule has 212 valence electrons. The molecule has 7 heteroatoms. The van der Waals surface area contributed by atoms with E-state index in [9.17, 15) is 14.7 Å². The molecule has 1 amide bonds. The van der Waals surface area contributed by atoms with Gasteiger partial charge in [-0.15, -0.1) is 0 Å². The van der Waals surface area contributed by atoms with Crippen molar-refractivity contribution in [2.45, 2.75) is 38.1 Å². The van der Waals surface area contributed by atoms with Crippen molar-refractivity contribution in [1.82, 2.24) is 14.5 Å². The molecule has 0 aliphatic heterocycles. The van der Waals surface area contributed by atoms with Gasteiger partial charge >= 0.3 is 5.97 Å². The fourth-order valence-corrected chi connectivity index (χ4v) is 6.12. The minimum atomic E-state index is -1.04. The predicted octanol–water partition coefficient (Wildman–Crippen LogP) is 8.37. The third-order valence-electron chi connectivity index (χ3n) is 8.28. The maximum atomic E-state index is 13.2. The number of pyridine rings is 1. The van der Waals surface area contributed by atoms with Crippen LogP contribution in [0.15, 0.2) is 103 Å². The third kappa shape index (κ3) is 5.26. The highest BCUT2D eigenvalue weighted by molar-refractivity contribution is 6.06. The second-order valence-electron chi connectivity index (χ2n) is 11.1. The number of aromatic carboxylic acids is 1. The molecule has 2 heterocycles. The van der Waals surface area contributed by atoms with Crippen LogP contribution in [-0.4, -0.2) is 31.5 Å². The van der Waals surface area contributed by atoms with Crippen LogP contribution in [-0.2, 0) is 0 Å². The zero-order chi connectivity index (χ0) is 29.3. The van der Waals surface area contributed by atoms with E-state index in [2.05, 4.69) is 52.3 Å². The van der Waals surface area contributed by atoms with Crippen molar-refractivity contribution in [2.75, 3.05) is 5.32 Å². The first-order valence-electron chi connectivity index (χ1n) is 14.7. The Bertz CT molecular complexity index is 1990. The average molecular weight is 567 g/mol. The van der Waals surface area contributed by atoms with Crippen molar-refractivity contribution in [1.29, 1.82) is 0 Å². The summed E-state index contributed by atoms with van der Waals surface area (Å²) in [5, 5.41) is 13.2. The van der Waals surface area contributed by atoms with E-state index in [0.717, 1.165) is 57.4 Å². The Hall–Kier alpha value is -5.30. The normalized spacial score (nSPS) is 13.8. The first kappa shape index (κ1) is 26.6. The zero-order valence-corrected chi connectivity index (χ0v) is 23.5. The number of rotatable bonds is 6. The molecule has 0 unspecified atom stereocenters. The van der Waals surface area contributed by atoms with E-state index in [1.165, 1.54) is 31.4 Å². The SMILES string of the molecule is O=C(O)c1cccc(NC(=O)c2ccc3c(c2)nc(-c2ccc4nc(-c5ccccc5)ccc4c2)n3C2CCCCC2)c1. The Kier molecular flexibility index (Phi) is 6.91. The van der Waals surface area contributed by atoms with Crippen LogP contribution in [0.1, 0.15) is 58.9 Å². The number of hydrogen-bond donors (Lipinski definition) is 2. The van der Waals surface area contributed by atoms with Gasteiger partial charge in [-0.05, 0) is 73.5 Å². The summed E-state index contributed by atoms with van der Waals surface area (Å²) in [6.07, 6.45) is 5.80. The van der Waals surface area contributed by atoms with Crippen LogP contribution in [0.3, 0.4) is 0 Å². The topological polar surface area (TPSA) is 97.1 Å². The molecule has 6 aromatic rings. The highest BCUT2D eigenvalue weighted by Gasteiger charge is 2.23. The number of carbonyl (C=O) groups excluding carboxylic acids is 1. The van der Waals surface area contributed by atoms with Crippen LogP contribution in [0.2, 0.25) is 0 Å². The smallest absolute Gasteiger partial charge is 0.335 e. The third-order valence-corrected chi connectivity index (χ3v) is 8.28. The van der Waals surface area contributed by atoms with Crippen LogP contribution in [0, 0.1) is 0 Å². The van der Waals surface area contributed by atoms with Gasteiger partial charge < -0.3 is 15.0 Å². The lowest BCUT2D eigenvalue weighted by molar-refractivity contribution is 0.0696. The summed E-state index contributed by atoms with van der Waals surface area (Å²) in [6, 6.07) is 32.8. The molecular formula is C36H30N4O3. The van der Waals surface area contributed by atoms with Crippen molar-refractivity contribution in [3.8, 4) is 22.6 Å². The number of nitrogens with one attached hydrogen (secondary N) is 1. The van der Waals surface area contributed by atoms with Gasteiger partial charge in [0.2, 0.25) is 0 Å². The fourth-order valence-electron chi connectivity index (χ4n) is 6.12. The van der Waals surface area contributed by atoms with E-state index >= 15 is 0 Å². The van der Waals surface area contributed by atoms with E-state index in [1.54, 1.807) is 12.1 Å². The summed E-state index contributed by atoms with van der Waals surface area (Å²) in [4.78, 5) is 34.5. The molecule has 0 atom stereocenters. The zero-order valence-electron chi connectivity index (χ0n) is 23.5. The van der Waals surface area contributed by atoms with E-state index in [0.29, 0.717) is 17.3 Å². The van der Waals surface area contributed by atoms with Crippen molar-refractivity contribution in [3.05, 3.63) is 114 Å². The van der Waals surface area contributed by atoms with Crippen LogP contribution >= 0.6 is 0 Å². The summed E-state index contributed by atoms with van der Waals surface area (Å²) < 4.78 is 2.36. The fraction of sp³-hybridized carbons (Fsp3) is 0.167. The molecule has 1 aliphatic carbocycles. The van der Waals surface area contributed by atoms with Gasteiger partial charge in [0.05, 0.1) is 27.8 Å². The van der Waals surface area contributed by atoms with E-state index in [-0.39, 0.29) is 11.5 Å². The first-order chi connectivity index (χ1) is 21.0. The lowest BCUT2D eigenvalue weighted by Gasteiger charge is -2.25. The molecule has 2 aromatic heterocycles. The van der Waals surface area contributed by atoms with Crippen molar-refractivity contribution in [3.63, 3.8) is 0 Å². The molecule has 0 bridgehead atoms. The molecule has 0 radical (unpaired) electrons. The van der Waals surface area contributed by atoms with Gasteiger partial charge in [0.1, 0.15) is 5.82 Å². The summed E-state index contributed by atoms with van der Waals surface area (Å²) in [6.45, 7) is 0. The molecule has 2 N–H and O–H groups in total. The average Bonchev–Trinajstić information content (AvgIpc) is 3.44. The first-order valence-corrected chi connectivity index (χ1v) is 14.7. The van der Waals surface area contributed by atoms with Crippen molar-refractivity contribution >= 4 is 39.5 Å². The van der Waals surface area contributed by atoms with Crippen molar-refractivity contribution in [2.24, 2.45) is 0 Å². The molecule has 1 fully saturated rings. The second-order valence-corrected chi connectivity index (χ2v) is 11.1. The Morgan fingerprint density at radius 3 is 2.37 bits per heavy atom. The number of imidazole rings is 1. The highest BCUT2D eigenvalue weighted by Crippen LogP contribution is 2.37. The number of hydrogen-bond acceptors (Lipinski definition) is 4. The maximum Gasteiger partial charge on any atom is 0.335 e. The number of carboxylic acids is 1. The Morgan fingerprint density at radius 1 is 0.721 bits per heavy atom. The standard InChI is InChI=1S/C36H30N4O3/c41-35(37-28-11-7-10-27(21-28)36(42)43)26-16-19-33-32(22-26)39-34(40(33)29-12-5-2-6-13-29)25-15-18-31-24(20-25)14-17-30(38-31)23-8-3-1-4-9-23/h1,3-4,7-11,14-22,29H,2,5-6,12-13H2,(H,37,41)(H,42,43). The Morgan fingerprint density at radius 2 is 1.56 bits per heavy atom. The lowest BCUT2D eigenvalue weighted by atomic mass is 9.94. The number of anilines is 1. The summed E-state index contributed by atoms with van der Waals surface area (Å²) in [5.74, 6) is -0.466. The molecule has 7 nitrogen and oxygen atoms in total. The molecule has 7 rings (SSSR count). The van der Waals surface area contributed by atoms with Gasteiger partial charge in [0, 0.05) is 33.8 Å². The number of amides is 1. The van der Waals surface area contributed by atoms with Crippen LogP contribution < -0.4 is 5.32 Å².